The summed E-state index contributed by atoms with van der Waals surface area (Å²) in [6, 6.07) is 10.1. The predicted octanol–water partition coefficient (Wildman–Crippen LogP) is 2.95. The number of hydrogen-bond acceptors (Lipinski definition) is 2. The van der Waals surface area contributed by atoms with Gasteiger partial charge in [0.05, 0.1) is 12.7 Å². The smallest absolute Gasteiger partial charge is 0.120 e. The second-order valence-electron chi connectivity index (χ2n) is 3.67. The highest BCUT2D eigenvalue weighted by molar-refractivity contribution is 5.81. The van der Waals surface area contributed by atoms with Gasteiger partial charge in [0.15, 0.2) is 0 Å². The highest BCUT2D eigenvalue weighted by Crippen LogP contribution is 2.22. The third kappa shape index (κ3) is 2.01. The van der Waals surface area contributed by atoms with Crippen LogP contribution in [0, 0.1) is 11.3 Å². The Morgan fingerprint density at radius 1 is 1.38 bits per heavy atom. The van der Waals surface area contributed by atoms with Crippen molar-refractivity contribution in [2.75, 3.05) is 6.61 Å². The monoisotopic (exact) mass is 214 g/mol. The number of nitrogens with zero attached hydrogens (tertiary/aromatic N) is 2. The SMILES string of the molecule is CCCOc1ccc2c(ccn2CC#N)c1. The summed E-state index contributed by atoms with van der Waals surface area (Å²) in [4.78, 5) is 0. The van der Waals surface area contributed by atoms with E-state index in [1.807, 2.05) is 35.0 Å². The zero-order chi connectivity index (χ0) is 11.4. The van der Waals surface area contributed by atoms with E-state index in [1.54, 1.807) is 0 Å². The number of fused-ring (bicyclic) bond motifs is 1. The lowest BCUT2D eigenvalue weighted by molar-refractivity contribution is 0.318. The Hall–Kier alpha value is -1.95. The van der Waals surface area contributed by atoms with Gasteiger partial charge in [0.2, 0.25) is 0 Å². The van der Waals surface area contributed by atoms with Crippen LogP contribution in [0.4, 0.5) is 0 Å². The molecular formula is C13H14N2O. The van der Waals surface area contributed by atoms with Crippen molar-refractivity contribution < 1.29 is 4.74 Å². The maximum absolute atomic E-state index is 8.67. The van der Waals surface area contributed by atoms with Crippen LogP contribution in [0.5, 0.6) is 5.75 Å². The van der Waals surface area contributed by atoms with E-state index in [1.165, 1.54) is 0 Å². The molecule has 0 spiro atoms. The van der Waals surface area contributed by atoms with E-state index in [-0.39, 0.29) is 0 Å². The lowest BCUT2D eigenvalue weighted by atomic mass is 10.2. The van der Waals surface area contributed by atoms with Crippen molar-refractivity contribution in [1.82, 2.24) is 4.57 Å². The molecule has 3 heteroatoms. The molecule has 0 bridgehead atoms. The molecule has 2 aromatic rings. The first kappa shape index (κ1) is 10.6. The highest BCUT2D eigenvalue weighted by atomic mass is 16.5. The van der Waals surface area contributed by atoms with E-state index in [0.29, 0.717) is 6.54 Å². The summed E-state index contributed by atoms with van der Waals surface area (Å²) in [5, 5.41) is 9.79. The summed E-state index contributed by atoms with van der Waals surface area (Å²) in [6.07, 6.45) is 2.94. The molecule has 16 heavy (non-hydrogen) atoms. The van der Waals surface area contributed by atoms with E-state index < -0.39 is 0 Å². The minimum Gasteiger partial charge on any atom is -0.494 e. The molecule has 0 N–H and O–H groups in total. The fraction of sp³-hybridized carbons (Fsp3) is 0.308. The van der Waals surface area contributed by atoms with Crippen molar-refractivity contribution in [2.45, 2.75) is 19.9 Å². The first-order valence-corrected chi connectivity index (χ1v) is 5.44. The Morgan fingerprint density at radius 3 is 3.00 bits per heavy atom. The quantitative estimate of drug-likeness (QED) is 0.784. The molecule has 0 amide bonds. The molecule has 1 aromatic carbocycles. The number of benzene rings is 1. The number of rotatable bonds is 4. The van der Waals surface area contributed by atoms with Crippen molar-refractivity contribution in [3.05, 3.63) is 30.5 Å². The summed E-state index contributed by atoms with van der Waals surface area (Å²) in [5.74, 6) is 0.893. The van der Waals surface area contributed by atoms with Crippen molar-refractivity contribution in [3.8, 4) is 11.8 Å². The average molecular weight is 214 g/mol. The molecule has 0 atom stereocenters. The van der Waals surface area contributed by atoms with E-state index >= 15 is 0 Å². The molecule has 0 aliphatic carbocycles. The summed E-state index contributed by atoms with van der Waals surface area (Å²) < 4.78 is 7.49. The van der Waals surface area contributed by atoms with Crippen LogP contribution in [0.3, 0.4) is 0 Å². The summed E-state index contributed by atoms with van der Waals surface area (Å²) in [6.45, 7) is 3.21. The van der Waals surface area contributed by atoms with Crippen LogP contribution in [-0.4, -0.2) is 11.2 Å². The third-order valence-electron chi connectivity index (χ3n) is 2.46. The van der Waals surface area contributed by atoms with Crippen molar-refractivity contribution >= 4 is 10.9 Å². The molecule has 0 radical (unpaired) electrons. The standard InChI is InChI=1S/C13H14N2O/c1-2-9-16-12-3-4-13-11(10-12)5-7-15(13)8-6-14/h3-5,7,10H,2,8-9H2,1H3. The lowest BCUT2D eigenvalue weighted by Gasteiger charge is -2.05. The Morgan fingerprint density at radius 2 is 2.25 bits per heavy atom. The van der Waals surface area contributed by atoms with Gasteiger partial charge in [-0.25, -0.2) is 0 Å². The van der Waals surface area contributed by atoms with Gasteiger partial charge in [0, 0.05) is 17.1 Å². The van der Waals surface area contributed by atoms with Crippen molar-refractivity contribution in [3.63, 3.8) is 0 Å². The Labute approximate surface area is 94.9 Å². The molecular weight excluding hydrogens is 200 g/mol. The van der Waals surface area contributed by atoms with E-state index in [2.05, 4.69) is 13.0 Å². The minimum absolute atomic E-state index is 0.388. The van der Waals surface area contributed by atoms with Crippen LogP contribution in [0.1, 0.15) is 13.3 Å². The maximum Gasteiger partial charge on any atom is 0.120 e. The number of hydrogen-bond donors (Lipinski definition) is 0. The third-order valence-corrected chi connectivity index (χ3v) is 2.46. The van der Waals surface area contributed by atoms with Crippen LogP contribution >= 0.6 is 0 Å². The molecule has 0 fully saturated rings. The average Bonchev–Trinajstić information content (AvgIpc) is 2.70. The molecule has 0 unspecified atom stereocenters. The number of aromatic nitrogens is 1. The minimum atomic E-state index is 0.388. The molecule has 82 valence electrons. The molecule has 1 aromatic heterocycles. The van der Waals surface area contributed by atoms with Crippen LogP contribution in [0.15, 0.2) is 30.5 Å². The maximum atomic E-state index is 8.67. The van der Waals surface area contributed by atoms with Gasteiger partial charge in [-0.3, -0.25) is 0 Å². The topological polar surface area (TPSA) is 38.0 Å². The Kier molecular flexibility index (Phi) is 3.11. The van der Waals surface area contributed by atoms with Crippen molar-refractivity contribution in [2.24, 2.45) is 0 Å². The zero-order valence-corrected chi connectivity index (χ0v) is 9.31. The fourth-order valence-corrected chi connectivity index (χ4v) is 1.70. The largest absolute Gasteiger partial charge is 0.494 e. The zero-order valence-electron chi connectivity index (χ0n) is 9.31. The van der Waals surface area contributed by atoms with Crippen LogP contribution in [0.25, 0.3) is 10.9 Å². The first-order valence-electron chi connectivity index (χ1n) is 5.44. The summed E-state index contributed by atoms with van der Waals surface area (Å²) in [7, 11) is 0. The fourth-order valence-electron chi connectivity index (χ4n) is 1.70. The van der Waals surface area contributed by atoms with Gasteiger partial charge in [-0.1, -0.05) is 6.92 Å². The second-order valence-corrected chi connectivity index (χ2v) is 3.67. The van der Waals surface area contributed by atoms with Gasteiger partial charge in [-0.15, -0.1) is 0 Å². The summed E-state index contributed by atoms with van der Waals surface area (Å²) >= 11 is 0. The van der Waals surface area contributed by atoms with Crippen LogP contribution in [-0.2, 0) is 6.54 Å². The Balaban J connectivity index is 2.30. The van der Waals surface area contributed by atoms with E-state index in [0.717, 1.165) is 29.7 Å². The van der Waals surface area contributed by atoms with Gasteiger partial charge < -0.3 is 9.30 Å². The summed E-state index contributed by atoms with van der Waals surface area (Å²) in [5.41, 5.74) is 1.07. The normalized spacial score (nSPS) is 10.2. The Bertz CT molecular complexity index is 522. The molecule has 2 rings (SSSR count). The number of ether oxygens (including phenoxy) is 1. The molecule has 0 saturated carbocycles. The van der Waals surface area contributed by atoms with Gasteiger partial charge in [-0.2, -0.15) is 5.26 Å². The second kappa shape index (κ2) is 4.71. The highest BCUT2D eigenvalue weighted by Gasteiger charge is 2.02. The number of nitriles is 1. The lowest BCUT2D eigenvalue weighted by Crippen LogP contribution is -1.95. The predicted molar refractivity (Wildman–Crippen MR) is 63.3 cm³/mol. The van der Waals surface area contributed by atoms with Gasteiger partial charge in [-0.05, 0) is 30.7 Å². The molecule has 0 aliphatic rings. The molecule has 3 nitrogen and oxygen atoms in total. The van der Waals surface area contributed by atoms with Gasteiger partial charge in [0.1, 0.15) is 12.3 Å². The van der Waals surface area contributed by atoms with Crippen molar-refractivity contribution in [1.29, 1.82) is 5.26 Å². The van der Waals surface area contributed by atoms with E-state index in [9.17, 15) is 0 Å². The first-order chi connectivity index (χ1) is 7.85. The van der Waals surface area contributed by atoms with Gasteiger partial charge in [0.25, 0.3) is 0 Å². The van der Waals surface area contributed by atoms with Crippen LogP contribution < -0.4 is 4.74 Å². The molecule has 0 saturated heterocycles. The molecule has 0 aliphatic heterocycles. The van der Waals surface area contributed by atoms with E-state index in [4.69, 9.17) is 10.00 Å². The van der Waals surface area contributed by atoms with Gasteiger partial charge >= 0.3 is 0 Å². The van der Waals surface area contributed by atoms with Crippen LogP contribution in [0.2, 0.25) is 0 Å². The molecule has 1 heterocycles.